The van der Waals surface area contributed by atoms with Crippen LogP contribution in [0.3, 0.4) is 0 Å². The molecule has 2 aliphatic carbocycles. The van der Waals surface area contributed by atoms with Gasteiger partial charge in [-0.2, -0.15) is 0 Å². The van der Waals surface area contributed by atoms with Gasteiger partial charge in [0.1, 0.15) is 11.6 Å². The molecule has 0 atom stereocenters. The lowest BCUT2D eigenvalue weighted by Gasteiger charge is -2.37. The van der Waals surface area contributed by atoms with Gasteiger partial charge in [-0.05, 0) is 105 Å². The van der Waals surface area contributed by atoms with Gasteiger partial charge in [0.05, 0.1) is 13.2 Å². The molecule has 2 nitrogen and oxygen atoms in total. The summed E-state index contributed by atoms with van der Waals surface area (Å²) in [5, 5.41) is 0. The second-order valence-electron chi connectivity index (χ2n) is 10.9. The van der Waals surface area contributed by atoms with E-state index in [2.05, 4.69) is 6.58 Å². The van der Waals surface area contributed by atoms with Crippen molar-refractivity contribution in [2.24, 2.45) is 17.8 Å². The maximum absolute atomic E-state index is 15.2. The average Bonchev–Trinajstić information content (AvgIpc) is 2.91. The van der Waals surface area contributed by atoms with Crippen LogP contribution in [0.5, 0.6) is 0 Å². The van der Waals surface area contributed by atoms with Crippen molar-refractivity contribution in [2.45, 2.75) is 69.5 Å². The zero-order valence-corrected chi connectivity index (χ0v) is 20.8. The minimum atomic E-state index is -1.49. The number of hydrogen-bond donors (Lipinski definition) is 0. The standard InChI is InChI=1S/C30H33F5O2/c1-2-17-3-5-19(6-4-17)23-15-36-30(37-16-23)22-13-24(31)28(25(32)14-22)20-9-7-18(8-10-20)21-11-26(33)29(35)27(34)12-21/h2,11-14,17-20,23,30H,1,3-10,15-16H2. The quantitative estimate of drug-likeness (QED) is 0.224. The number of allylic oxidation sites excluding steroid dienone is 1. The van der Waals surface area contributed by atoms with Crippen molar-refractivity contribution in [3.8, 4) is 0 Å². The topological polar surface area (TPSA) is 18.5 Å². The van der Waals surface area contributed by atoms with E-state index < -0.39 is 35.4 Å². The van der Waals surface area contributed by atoms with Gasteiger partial charge in [-0.3, -0.25) is 0 Å². The van der Waals surface area contributed by atoms with Gasteiger partial charge >= 0.3 is 0 Å². The lowest BCUT2D eigenvalue weighted by atomic mass is 9.75. The summed E-state index contributed by atoms with van der Waals surface area (Å²) in [6, 6.07) is 4.63. The van der Waals surface area contributed by atoms with E-state index in [-0.39, 0.29) is 23.3 Å². The summed E-state index contributed by atoms with van der Waals surface area (Å²) in [6.45, 7) is 4.91. The molecule has 0 amide bonds. The van der Waals surface area contributed by atoms with E-state index in [1.807, 2.05) is 6.08 Å². The molecule has 0 spiro atoms. The van der Waals surface area contributed by atoms with Gasteiger partial charge in [-0.25, -0.2) is 22.0 Å². The molecule has 3 aliphatic rings. The van der Waals surface area contributed by atoms with Crippen molar-refractivity contribution in [2.75, 3.05) is 13.2 Å². The lowest BCUT2D eigenvalue weighted by molar-refractivity contribution is -0.214. The van der Waals surface area contributed by atoms with Crippen LogP contribution in [0.4, 0.5) is 22.0 Å². The Balaban J connectivity index is 1.19. The van der Waals surface area contributed by atoms with Crippen LogP contribution in [0, 0.1) is 46.8 Å². The molecule has 0 unspecified atom stereocenters. The van der Waals surface area contributed by atoms with E-state index in [4.69, 9.17) is 9.47 Å². The predicted molar refractivity (Wildman–Crippen MR) is 130 cm³/mol. The van der Waals surface area contributed by atoms with Gasteiger partial charge in [0, 0.05) is 17.0 Å². The van der Waals surface area contributed by atoms with Crippen molar-refractivity contribution in [1.29, 1.82) is 0 Å². The minimum Gasteiger partial charge on any atom is -0.348 e. The predicted octanol–water partition coefficient (Wildman–Crippen LogP) is 8.48. The third kappa shape index (κ3) is 5.63. The fourth-order valence-electron chi connectivity index (χ4n) is 6.49. The molecule has 1 heterocycles. The van der Waals surface area contributed by atoms with E-state index in [1.165, 1.54) is 12.1 Å². The Morgan fingerprint density at radius 3 is 1.68 bits per heavy atom. The molecular formula is C30H33F5O2. The number of ether oxygens (including phenoxy) is 2. The van der Waals surface area contributed by atoms with Crippen molar-refractivity contribution in [3.05, 3.63) is 82.7 Å². The van der Waals surface area contributed by atoms with E-state index in [0.29, 0.717) is 61.9 Å². The van der Waals surface area contributed by atoms with Crippen molar-refractivity contribution in [1.82, 2.24) is 0 Å². The smallest absolute Gasteiger partial charge is 0.194 e. The Morgan fingerprint density at radius 2 is 1.14 bits per heavy atom. The zero-order valence-electron chi connectivity index (χ0n) is 20.8. The van der Waals surface area contributed by atoms with Gasteiger partial charge in [0.15, 0.2) is 23.7 Å². The molecule has 200 valence electrons. The van der Waals surface area contributed by atoms with Crippen LogP contribution >= 0.6 is 0 Å². The molecule has 0 aromatic heterocycles. The normalized spacial score (nSPS) is 30.7. The maximum atomic E-state index is 15.2. The second-order valence-corrected chi connectivity index (χ2v) is 10.9. The molecular weight excluding hydrogens is 487 g/mol. The van der Waals surface area contributed by atoms with Crippen LogP contribution in [0.1, 0.15) is 86.2 Å². The summed E-state index contributed by atoms with van der Waals surface area (Å²) in [7, 11) is 0. The summed E-state index contributed by atoms with van der Waals surface area (Å²) >= 11 is 0. The molecule has 2 aromatic carbocycles. The highest BCUT2D eigenvalue weighted by Crippen LogP contribution is 2.43. The molecule has 1 saturated heterocycles. The zero-order chi connectivity index (χ0) is 26.1. The highest BCUT2D eigenvalue weighted by Gasteiger charge is 2.34. The van der Waals surface area contributed by atoms with E-state index in [1.54, 1.807) is 0 Å². The summed E-state index contributed by atoms with van der Waals surface area (Å²) < 4.78 is 82.7. The molecule has 7 heteroatoms. The first-order valence-electron chi connectivity index (χ1n) is 13.3. The highest BCUT2D eigenvalue weighted by atomic mass is 19.2. The molecule has 0 bridgehead atoms. The van der Waals surface area contributed by atoms with Gasteiger partial charge in [-0.15, -0.1) is 6.58 Å². The molecule has 2 saturated carbocycles. The molecule has 3 fully saturated rings. The first-order chi connectivity index (χ1) is 17.8. The fourth-order valence-corrected chi connectivity index (χ4v) is 6.49. The third-order valence-corrected chi connectivity index (χ3v) is 8.73. The third-order valence-electron chi connectivity index (χ3n) is 8.73. The van der Waals surface area contributed by atoms with Crippen LogP contribution in [-0.4, -0.2) is 13.2 Å². The Kier molecular flexibility index (Phi) is 8.01. The van der Waals surface area contributed by atoms with Crippen LogP contribution in [0.15, 0.2) is 36.9 Å². The largest absolute Gasteiger partial charge is 0.348 e. The van der Waals surface area contributed by atoms with Crippen LogP contribution in [-0.2, 0) is 9.47 Å². The fraction of sp³-hybridized carbons (Fsp3) is 0.533. The van der Waals surface area contributed by atoms with Crippen LogP contribution in [0.2, 0.25) is 0 Å². The number of halogens is 5. The van der Waals surface area contributed by atoms with E-state index in [9.17, 15) is 13.2 Å². The highest BCUT2D eigenvalue weighted by molar-refractivity contribution is 5.31. The Bertz CT molecular complexity index is 1060. The average molecular weight is 521 g/mol. The van der Waals surface area contributed by atoms with Gasteiger partial charge < -0.3 is 9.47 Å². The Hall–Kier alpha value is -2.25. The van der Waals surface area contributed by atoms with Crippen molar-refractivity contribution in [3.63, 3.8) is 0 Å². The Labute approximate surface area is 214 Å². The molecule has 5 rings (SSSR count). The Morgan fingerprint density at radius 1 is 0.622 bits per heavy atom. The van der Waals surface area contributed by atoms with E-state index in [0.717, 1.165) is 37.8 Å². The number of benzene rings is 2. The van der Waals surface area contributed by atoms with Crippen LogP contribution in [0.25, 0.3) is 0 Å². The molecule has 0 N–H and O–H groups in total. The van der Waals surface area contributed by atoms with Crippen molar-refractivity contribution < 1.29 is 31.4 Å². The van der Waals surface area contributed by atoms with Crippen LogP contribution < -0.4 is 0 Å². The lowest BCUT2D eigenvalue weighted by Crippen LogP contribution is -2.34. The molecule has 2 aromatic rings. The monoisotopic (exact) mass is 520 g/mol. The van der Waals surface area contributed by atoms with E-state index >= 15 is 8.78 Å². The van der Waals surface area contributed by atoms with Gasteiger partial charge in [0.2, 0.25) is 0 Å². The second kappa shape index (κ2) is 11.2. The molecule has 37 heavy (non-hydrogen) atoms. The number of rotatable bonds is 5. The minimum absolute atomic E-state index is 0.0336. The van der Waals surface area contributed by atoms with Crippen molar-refractivity contribution >= 4 is 0 Å². The molecule has 0 radical (unpaired) electrons. The first-order valence-corrected chi connectivity index (χ1v) is 13.3. The van der Waals surface area contributed by atoms with Gasteiger partial charge in [-0.1, -0.05) is 6.08 Å². The first kappa shape index (κ1) is 26.4. The summed E-state index contributed by atoms with van der Waals surface area (Å²) in [5.74, 6) is -4.31. The maximum Gasteiger partial charge on any atom is 0.194 e. The summed E-state index contributed by atoms with van der Waals surface area (Å²) in [6.07, 6.45) is 7.66. The number of hydrogen-bond acceptors (Lipinski definition) is 2. The molecule has 1 aliphatic heterocycles. The SMILES string of the molecule is C=CC1CCC(C2COC(c3cc(F)c(C4CCC(c5cc(F)c(F)c(F)c5)CC4)c(F)c3)OC2)CC1. The van der Waals surface area contributed by atoms with Gasteiger partial charge in [0.25, 0.3) is 0 Å². The summed E-state index contributed by atoms with van der Waals surface area (Å²) in [4.78, 5) is 0. The summed E-state index contributed by atoms with van der Waals surface area (Å²) in [5.41, 5.74) is 0.745.